The average molecular weight is 393 g/mol. The normalized spacial score (nSPS) is 20.7. The van der Waals surface area contributed by atoms with Gasteiger partial charge in [-0.1, -0.05) is 12.1 Å². The number of carbonyl (C=O) groups excluding carboxylic acids is 1. The lowest BCUT2D eigenvalue weighted by Crippen LogP contribution is -2.55. The molecule has 7 nitrogen and oxygen atoms in total. The van der Waals surface area contributed by atoms with Crippen LogP contribution in [0.25, 0.3) is 0 Å². The van der Waals surface area contributed by atoms with Crippen LogP contribution in [0.2, 0.25) is 0 Å². The second-order valence-corrected chi connectivity index (χ2v) is 9.05. The van der Waals surface area contributed by atoms with Crippen LogP contribution in [0.3, 0.4) is 0 Å². The number of fused-ring (bicyclic) bond motifs is 1. The number of aromatic nitrogens is 1. The highest BCUT2D eigenvalue weighted by Crippen LogP contribution is 2.35. The van der Waals surface area contributed by atoms with E-state index in [1.807, 2.05) is 13.0 Å². The van der Waals surface area contributed by atoms with E-state index in [1.165, 1.54) is 15.6 Å². The molecule has 2 aromatic rings. The second-order valence-electron chi connectivity index (χ2n) is 6.43. The molecule has 1 amide bonds. The summed E-state index contributed by atoms with van der Waals surface area (Å²) < 4.78 is 33.3. The lowest BCUT2D eigenvalue weighted by Gasteiger charge is -2.38. The molecule has 26 heavy (non-hydrogen) atoms. The number of hydrogen-bond acceptors (Lipinski definition) is 6. The summed E-state index contributed by atoms with van der Waals surface area (Å²) in [6, 6.07) is 5.02. The van der Waals surface area contributed by atoms with Gasteiger partial charge in [0.15, 0.2) is 0 Å². The predicted molar refractivity (Wildman–Crippen MR) is 97.0 cm³/mol. The van der Waals surface area contributed by atoms with E-state index >= 15 is 0 Å². The first-order chi connectivity index (χ1) is 12.5. The van der Waals surface area contributed by atoms with Crippen molar-refractivity contribution >= 4 is 27.3 Å². The monoisotopic (exact) mass is 393 g/mol. The smallest absolute Gasteiger partial charge is 0.273 e. The molecule has 1 aromatic carbocycles. The third-order valence-electron chi connectivity index (χ3n) is 4.80. The van der Waals surface area contributed by atoms with Gasteiger partial charge in [-0.25, -0.2) is 13.4 Å². The standard InChI is InChI=1S/C17H19N3O4S2/c1-12-9-19(6-7-20(12)17(21)14-10-25-11-18-14)26(22,23)15-4-2-3-13-5-8-24-16(13)15/h2-4,10-12H,5-9H2,1H3/t12-/m0/s1. The maximum absolute atomic E-state index is 13.1. The third-order valence-corrected chi connectivity index (χ3v) is 7.27. The van der Waals surface area contributed by atoms with Crippen molar-refractivity contribution in [3.8, 4) is 5.75 Å². The number of piperazine rings is 1. The lowest BCUT2D eigenvalue weighted by atomic mass is 10.2. The van der Waals surface area contributed by atoms with Gasteiger partial charge in [-0.15, -0.1) is 11.3 Å². The van der Waals surface area contributed by atoms with Gasteiger partial charge in [0.2, 0.25) is 10.0 Å². The number of rotatable bonds is 3. The van der Waals surface area contributed by atoms with Crippen LogP contribution in [0, 0.1) is 0 Å². The van der Waals surface area contributed by atoms with Crippen LogP contribution in [0.4, 0.5) is 0 Å². The minimum atomic E-state index is -3.67. The van der Waals surface area contributed by atoms with Crippen LogP contribution < -0.4 is 4.74 Å². The zero-order valence-electron chi connectivity index (χ0n) is 14.3. The summed E-state index contributed by atoms with van der Waals surface area (Å²) >= 11 is 1.37. The molecule has 1 fully saturated rings. The second kappa shape index (κ2) is 6.64. The van der Waals surface area contributed by atoms with Gasteiger partial charge in [-0.3, -0.25) is 4.79 Å². The molecule has 1 aromatic heterocycles. The van der Waals surface area contributed by atoms with E-state index in [9.17, 15) is 13.2 Å². The van der Waals surface area contributed by atoms with E-state index in [0.717, 1.165) is 12.0 Å². The van der Waals surface area contributed by atoms with Crippen LogP contribution in [0.1, 0.15) is 23.0 Å². The number of thiazole rings is 1. The van der Waals surface area contributed by atoms with E-state index in [0.29, 0.717) is 24.6 Å². The lowest BCUT2D eigenvalue weighted by molar-refractivity contribution is 0.0586. The summed E-state index contributed by atoms with van der Waals surface area (Å²) in [6.07, 6.45) is 0.727. The molecule has 0 radical (unpaired) electrons. The van der Waals surface area contributed by atoms with Gasteiger partial charge < -0.3 is 9.64 Å². The largest absolute Gasteiger partial charge is 0.492 e. The van der Waals surface area contributed by atoms with Crippen molar-refractivity contribution in [1.82, 2.24) is 14.2 Å². The fourth-order valence-electron chi connectivity index (χ4n) is 3.44. The Morgan fingerprint density at radius 3 is 2.92 bits per heavy atom. The summed E-state index contributed by atoms with van der Waals surface area (Å²) in [6.45, 7) is 3.22. The molecule has 3 heterocycles. The number of nitrogens with zero attached hydrogens (tertiary/aromatic N) is 3. The fraction of sp³-hybridized carbons (Fsp3) is 0.412. The summed E-state index contributed by atoms with van der Waals surface area (Å²) in [5, 5.41) is 1.71. The highest BCUT2D eigenvalue weighted by molar-refractivity contribution is 7.89. The SMILES string of the molecule is C[C@H]1CN(S(=O)(=O)c2cccc3c2OCC3)CCN1C(=O)c1cscn1. The Bertz CT molecular complexity index is 927. The minimum absolute atomic E-state index is 0.153. The highest BCUT2D eigenvalue weighted by atomic mass is 32.2. The Labute approximate surface area is 156 Å². The summed E-state index contributed by atoms with van der Waals surface area (Å²) in [4.78, 5) is 18.5. The van der Waals surface area contributed by atoms with Crippen molar-refractivity contribution in [1.29, 1.82) is 0 Å². The van der Waals surface area contributed by atoms with E-state index in [4.69, 9.17) is 4.74 Å². The molecule has 1 atom stereocenters. The molecule has 0 unspecified atom stereocenters. The molecule has 0 aliphatic carbocycles. The molecule has 2 aliphatic heterocycles. The number of carbonyl (C=O) groups is 1. The zero-order valence-corrected chi connectivity index (χ0v) is 15.9. The van der Waals surface area contributed by atoms with Crippen molar-refractivity contribution < 1.29 is 17.9 Å². The van der Waals surface area contributed by atoms with Crippen LogP contribution >= 0.6 is 11.3 Å². The van der Waals surface area contributed by atoms with Crippen molar-refractivity contribution in [3.63, 3.8) is 0 Å². The molecule has 0 saturated carbocycles. The third kappa shape index (κ3) is 2.89. The first kappa shape index (κ1) is 17.4. The maximum atomic E-state index is 13.1. The van der Waals surface area contributed by atoms with Crippen LogP contribution in [0.5, 0.6) is 5.75 Å². The van der Waals surface area contributed by atoms with Crippen molar-refractivity contribution in [2.75, 3.05) is 26.2 Å². The molecule has 2 aliphatic rings. The fourth-order valence-corrected chi connectivity index (χ4v) is 5.65. The number of amides is 1. The molecular weight excluding hydrogens is 374 g/mol. The molecule has 0 N–H and O–H groups in total. The Morgan fingerprint density at radius 1 is 1.35 bits per heavy atom. The van der Waals surface area contributed by atoms with E-state index in [2.05, 4.69) is 4.98 Å². The maximum Gasteiger partial charge on any atom is 0.273 e. The van der Waals surface area contributed by atoms with Gasteiger partial charge in [0, 0.05) is 37.5 Å². The first-order valence-corrected chi connectivity index (χ1v) is 10.8. The van der Waals surface area contributed by atoms with Crippen LogP contribution in [-0.4, -0.2) is 60.8 Å². The Morgan fingerprint density at radius 2 is 2.19 bits per heavy atom. The summed E-state index contributed by atoms with van der Waals surface area (Å²) in [5.74, 6) is 0.320. The molecule has 138 valence electrons. The topological polar surface area (TPSA) is 79.8 Å². The summed E-state index contributed by atoms with van der Waals surface area (Å²) in [7, 11) is -3.67. The number of ether oxygens (including phenoxy) is 1. The number of hydrogen-bond donors (Lipinski definition) is 0. The Kier molecular flexibility index (Phi) is 4.45. The zero-order chi connectivity index (χ0) is 18.3. The van der Waals surface area contributed by atoms with E-state index in [-0.39, 0.29) is 29.9 Å². The molecular formula is C17H19N3O4S2. The molecule has 4 rings (SSSR count). The van der Waals surface area contributed by atoms with Gasteiger partial charge in [0.25, 0.3) is 5.91 Å². The van der Waals surface area contributed by atoms with Gasteiger partial charge >= 0.3 is 0 Å². The van der Waals surface area contributed by atoms with Crippen molar-refractivity contribution in [3.05, 3.63) is 40.3 Å². The van der Waals surface area contributed by atoms with Crippen molar-refractivity contribution in [2.45, 2.75) is 24.3 Å². The summed E-state index contributed by atoms with van der Waals surface area (Å²) in [5.41, 5.74) is 2.96. The van der Waals surface area contributed by atoms with E-state index < -0.39 is 10.0 Å². The minimum Gasteiger partial charge on any atom is -0.492 e. The molecule has 1 saturated heterocycles. The Balaban J connectivity index is 1.55. The average Bonchev–Trinajstić information content (AvgIpc) is 3.32. The van der Waals surface area contributed by atoms with Gasteiger partial charge in [-0.05, 0) is 18.6 Å². The quantitative estimate of drug-likeness (QED) is 0.792. The first-order valence-electron chi connectivity index (χ1n) is 8.42. The molecule has 9 heteroatoms. The number of para-hydroxylation sites is 1. The number of sulfonamides is 1. The van der Waals surface area contributed by atoms with Crippen LogP contribution in [-0.2, 0) is 16.4 Å². The van der Waals surface area contributed by atoms with Gasteiger partial charge in [0.1, 0.15) is 16.3 Å². The van der Waals surface area contributed by atoms with Gasteiger partial charge in [-0.2, -0.15) is 4.31 Å². The molecule has 0 spiro atoms. The van der Waals surface area contributed by atoms with E-state index in [1.54, 1.807) is 27.9 Å². The van der Waals surface area contributed by atoms with Crippen LogP contribution in [0.15, 0.2) is 34.0 Å². The Hall–Kier alpha value is -1.97. The highest BCUT2D eigenvalue weighted by Gasteiger charge is 2.37. The van der Waals surface area contributed by atoms with Gasteiger partial charge in [0.05, 0.1) is 12.1 Å². The predicted octanol–water partition coefficient (Wildman–Crippen LogP) is 1.61. The van der Waals surface area contributed by atoms with Crippen molar-refractivity contribution in [2.24, 2.45) is 0 Å². The number of benzene rings is 1. The molecule has 0 bridgehead atoms.